The van der Waals surface area contributed by atoms with Crippen LogP contribution in [0.3, 0.4) is 0 Å². The Morgan fingerprint density at radius 3 is 2.44 bits per heavy atom. The molecule has 1 fully saturated rings. The van der Waals surface area contributed by atoms with E-state index in [1.54, 1.807) is 0 Å². The van der Waals surface area contributed by atoms with Crippen LogP contribution in [0.2, 0.25) is 0 Å². The van der Waals surface area contributed by atoms with Gasteiger partial charge < -0.3 is 10.1 Å². The van der Waals surface area contributed by atoms with Gasteiger partial charge in [-0.2, -0.15) is 13.2 Å². The molecule has 0 saturated carbocycles. The number of benzene rings is 1. The number of non-ortho nitro benzene ring substituents is 1. The van der Waals surface area contributed by atoms with Crippen LogP contribution in [-0.2, 0) is 6.18 Å². The Kier molecular flexibility index (Phi) is 4.27. The Bertz CT molecular complexity index is 859. The van der Waals surface area contributed by atoms with E-state index in [2.05, 4.69) is 0 Å². The van der Waals surface area contributed by atoms with Crippen LogP contribution in [-0.4, -0.2) is 28.8 Å². The number of amides is 1. The van der Waals surface area contributed by atoms with Crippen LogP contribution >= 0.6 is 11.3 Å². The summed E-state index contributed by atoms with van der Waals surface area (Å²) in [6, 6.07) is 0.923. The fraction of sp³-hybridized carbons (Fsp3) is 0.429. The Hall–Kier alpha value is -2.43. The van der Waals surface area contributed by atoms with Crippen molar-refractivity contribution in [3.05, 3.63) is 38.0 Å². The molecule has 0 spiro atoms. The molecule has 0 unspecified atom stereocenters. The zero-order valence-electron chi connectivity index (χ0n) is 12.7. The first kappa shape index (κ1) is 17.4. The average molecular weight is 375 g/mol. The summed E-state index contributed by atoms with van der Waals surface area (Å²) >= 11 is 0.550. The van der Waals surface area contributed by atoms with Crippen LogP contribution in [0.4, 0.5) is 18.9 Å². The molecule has 0 bridgehead atoms. The summed E-state index contributed by atoms with van der Waals surface area (Å²) in [5.74, 6) is -0.612. The number of carbonyl (C=O) groups is 1. The summed E-state index contributed by atoms with van der Waals surface area (Å²) in [5, 5.41) is 23.1. The number of carbonyl (C=O) groups excluding carboxylic acids is 1. The van der Waals surface area contributed by atoms with Crippen molar-refractivity contribution in [2.45, 2.75) is 25.4 Å². The molecule has 1 aliphatic heterocycles. The first-order valence-corrected chi connectivity index (χ1v) is 8.23. The fourth-order valence-electron chi connectivity index (χ4n) is 2.76. The Morgan fingerprint density at radius 2 is 1.88 bits per heavy atom. The van der Waals surface area contributed by atoms with E-state index in [0.29, 0.717) is 36.6 Å². The monoisotopic (exact) mass is 375 g/mol. The predicted molar refractivity (Wildman–Crippen MR) is 82.2 cm³/mol. The van der Waals surface area contributed by atoms with E-state index in [4.69, 9.17) is 0 Å². The van der Waals surface area contributed by atoms with Gasteiger partial charge in [0.25, 0.3) is 5.69 Å². The van der Waals surface area contributed by atoms with Crippen molar-refractivity contribution in [1.82, 2.24) is 4.90 Å². The van der Waals surface area contributed by atoms with E-state index in [1.165, 1.54) is 4.90 Å². The first-order chi connectivity index (χ1) is 11.7. The number of rotatable bonds is 2. The molecule has 1 amide bonds. The summed E-state index contributed by atoms with van der Waals surface area (Å²) in [6.45, 7) is 0.895. The van der Waals surface area contributed by atoms with Crippen molar-refractivity contribution >= 4 is 33.1 Å². The highest BCUT2D eigenvalue weighted by molar-refractivity contribution is 7.20. The number of nitro benzene ring substituents is 1. The lowest BCUT2D eigenvalue weighted by Gasteiger charge is -2.24. The topological polar surface area (TPSA) is 90.4 Å². The van der Waals surface area contributed by atoms with Gasteiger partial charge in [0, 0.05) is 25.2 Å². The van der Waals surface area contributed by atoms with Crippen LogP contribution < -0.4 is 4.73 Å². The van der Waals surface area contributed by atoms with Crippen LogP contribution in [0, 0.1) is 15.3 Å². The van der Waals surface area contributed by atoms with Crippen LogP contribution in [0.5, 0.6) is 0 Å². The van der Waals surface area contributed by atoms with Gasteiger partial charge in [-0.3, -0.25) is 14.9 Å². The second-order valence-electron chi connectivity index (χ2n) is 5.65. The molecule has 0 N–H and O–H groups in total. The van der Waals surface area contributed by atoms with Gasteiger partial charge in [-0.15, -0.1) is 4.73 Å². The summed E-state index contributed by atoms with van der Waals surface area (Å²) in [6.07, 6.45) is -2.35. The minimum absolute atomic E-state index is 0.0686. The first-order valence-electron chi connectivity index (χ1n) is 7.41. The van der Waals surface area contributed by atoms with Crippen molar-refractivity contribution in [2.24, 2.45) is 0 Å². The van der Waals surface area contributed by atoms with Crippen LogP contribution in [0.1, 0.15) is 34.6 Å². The van der Waals surface area contributed by atoms with Gasteiger partial charge >= 0.3 is 17.1 Å². The third-order valence-electron chi connectivity index (χ3n) is 4.00. The molecule has 7 nitrogen and oxygen atoms in total. The molecule has 25 heavy (non-hydrogen) atoms. The number of piperidine rings is 1. The van der Waals surface area contributed by atoms with Gasteiger partial charge in [0.15, 0.2) is 4.70 Å². The maximum absolute atomic E-state index is 12.9. The highest BCUT2D eigenvalue weighted by Gasteiger charge is 2.38. The number of nitro groups is 1. The SMILES string of the molecule is O=C(c1sc2c([N+](=O)[O-])cc(C(F)(F)F)cc2[n+]1[O-])N1CCCCC1. The van der Waals surface area contributed by atoms with E-state index in [-0.39, 0.29) is 14.4 Å². The quantitative estimate of drug-likeness (QED) is 0.349. The number of nitrogens with zero attached hydrogens (tertiary/aromatic N) is 3. The van der Waals surface area contributed by atoms with E-state index < -0.39 is 33.8 Å². The van der Waals surface area contributed by atoms with Gasteiger partial charge in [-0.25, -0.2) is 0 Å². The Morgan fingerprint density at radius 1 is 1.24 bits per heavy atom. The smallest absolute Gasteiger partial charge is 0.416 e. The molecular weight excluding hydrogens is 363 g/mol. The van der Waals surface area contributed by atoms with Crippen molar-refractivity contribution in [3.63, 3.8) is 0 Å². The summed E-state index contributed by atoms with van der Waals surface area (Å²) < 4.78 is 38.7. The standard InChI is InChI=1S/C14H12F3N3O4S/c15-14(16,17)8-6-9-11(10(7-8)20(23)24)25-13(19(9)22)12(21)18-4-2-1-3-5-18/h6-7H,1-5H2. The maximum atomic E-state index is 12.9. The maximum Gasteiger partial charge on any atom is 0.416 e. The predicted octanol–water partition coefficient (Wildman–Crippen LogP) is 3.09. The molecule has 3 rings (SSSR count). The van der Waals surface area contributed by atoms with Gasteiger partial charge in [0.2, 0.25) is 5.52 Å². The minimum Gasteiger partial charge on any atom is -0.617 e. The zero-order valence-corrected chi connectivity index (χ0v) is 13.5. The molecule has 1 aromatic heterocycles. The molecular formula is C14H12F3N3O4S. The third kappa shape index (κ3) is 3.11. The fourth-order valence-corrected chi connectivity index (χ4v) is 3.84. The van der Waals surface area contributed by atoms with E-state index in [1.807, 2.05) is 0 Å². The molecule has 134 valence electrons. The Labute approximate surface area is 143 Å². The van der Waals surface area contributed by atoms with Gasteiger partial charge in [0.05, 0.1) is 10.5 Å². The average Bonchev–Trinajstić information content (AvgIpc) is 2.90. The highest BCUT2D eigenvalue weighted by Crippen LogP contribution is 2.38. The highest BCUT2D eigenvalue weighted by atomic mass is 32.1. The number of fused-ring (bicyclic) bond motifs is 1. The Balaban J connectivity index is 2.16. The number of halogens is 3. The summed E-state index contributed by atoms with van der Waals surface area (Å²) in [7, 11) is 0. The molecule has 0 radical (unpaired) electrons. The summed E-state index contributed by atoms with van der Waals surface area (Å²) in [5.41, 5.74) is -2.66. The molecule has 1 aliphatic rings. The number of hydrogen-bond donors (Lipinski definition) is 0. The van der Waals surface area contributed by atoms with Crippen LogP contribution in [0.25, 0.3) is 10.2 Å². The normalized spacial score (nSPS) is 15.6. The molecule has 2 heterocycles. The largest absolute Gasteiger partial charge is 0.617 e. The molecule has 2 aromatic rings. The van der Waals surface area contributed by atoms with Gasteiger partial charge in [0.1, 0.15) is 0 Å². The van der Waals surface area contributed by atoms with Gasteiger partial charge in [-0.1, -0.05) is 0 Å². The molecule has 0 atom stereocenters. The lowest BCUT2D eigenvalue weighted by atomic mass is 10.1. The number of hydrogen-bond acceptors (Lipinski definition) is 5. The van der Waals surface area contributed by atoms with Gasteiger partial charge in [-0.05, 0) is 30.6 Å². The van der Waals surface area contributed by atoms with Crippen molar-refractivity contribution in [3.8, 4) is 0 Å². The molecule has 1 aromatic carbocycles. The van der Waals surface area contributed by atoms with Crippen molar-refractivity contribution in [1.29, 1.82) is 0 Å². The zero-order chi connectivity index (χ0) is 18.4. The van der Waals surface area contributed by atoms with Crippen molar-refractivity contribution < 1.29 is 27.6 Å². The lowest BCUT2D eigenvalue weighted by molar-refractivity contribution is -0.574. The molecule has 11 heteroatoms. The number of aromatic nitrogens is 1. The second kappa shape index (κ2) is 6.14. The summed E-state index contributed by atoms with van der Waals surface area (Å²) in [4.78, 5) is 24.1. The van der Waals surface area contributed by atoms with Crippen molar-refractivity contribution in [2.75, 3.05) is 13.1 Å². The van der Waals surface area contributed by atoms with E-state index in [9.17, 15) is 33.3 Å². The minimum atomic E-state index is -4.84. The lowest BCUT2D eigenvalue weighted by Crippen LogP contribution is -2.42. The second-order valence-corrected chi connectivity index (χ2v) is 6.65. The van der Waals surface area contributed by atoms with E-state index in [0.717, 1.165) is 19.3 Å². The number of likely N-dealkylation sites (tertiary alicyclic amines) is 1. The van der Waals surface area contributed by atoms with E-state index >= 15 is 0 Å². The number of alkyl halides is 3. The van der Waals surface area contributed by atoms with Crippen LogP contribution in [0.15, 0.2) is 12.1 Å². The third-order valence-corrected chi connectivity index (χ3v) is 5.16. The number of thiazole rings is 1. The molecule has 1 saturated heterocycles. The molecule has 0 aliphatic carbocycles.